The molecule has 6 nitrogen and oxygen atoms in total. The van der Waals surface area contributed by atoms with Crippen molar-refractivity contribution in [2.24, 2.45) is 4.99 Å². The summed E-state index contributed by atoms with van der Waals surface area (Å²) >= 11 is 0. The molecule has 1 aromatic rings. The van der Waals surface area contributed by atoms with Gasteiger partial charge in [-0.15, -0.1) is 0 Å². The minimum atomic E-state index is 0.270. The van der Waals surface area contributed by atoms with Crippen LogP contribution in [0.2, 0.25) is 0 Å². The number of para-hydroxylation sites is 1. The van der Waals surface area contributed by atoms with Gasteiger partial charge in [0.1, 0.15) is 12.4 Å². The minimum Gasteiger partial charge on any atom is -0.491 e. The fourth-order valence-corrected chi connectivity index (χ4v) is 2.91. The van der Waals surface area contributed by atoms with E-state index in [1.54, 1.807) is 0 Å². The Kier molecular flexibility index (Phi) is 10.0. The first-order valence-electron chi connectivity index (χ1n) is 10.1. The van der Waals surface area contributed by atoms with Crippen molar-refractivity contribution in [1.29, 1.82) is 0 Å². The van der Waals surface area contributed by atoms with Gasteiger partial charge in [0, 0.05) is 26.3 Å². The van der Waals surface area contributed by atoms with Crippen molar-refractivity contribution in [2.75, 3.05) is 46.1 Å². The summed E-state index contributed by atoms with van der Waals surface area (Å²) in [5.41, 5.74) is 1.24. The van der Waals surface area contributed by atoms with Gasteiger partial charge in [-0.3, -0.25) is 4.99 Å². The third-order valence-corrected chi connectivity index (χ3v) is 4.35. The number of hydrogen-bond donors (Lipinski definition) is 2. The first kappa shape index (κ1) is 21.5. The molecule has 6 heteroatoms. The Hall–Kier alpha value is -1.79. The van der Waals surface area contributed by atoms with Crippen molar-refractivity contribution >= 4 is 5.96 Å². The van der Waals surface area contributed by atoms with Gasteiger partial charge in [-0.1, -0.05) is 32.0 Å². The summed E-state index contributed by atoms with van der Waals surface area (Å²) in [4.78, 5) is 4.60. The first-order valence-corrected chi connectivity index (χ1v) is 10.1. The van der Waals surface area contributed by atoms with Crippen LogP contribution >= 0.6 is 0 Å². The standard InChI is InChI=1S/C21H35N3O3/c1-4-22-21(23-11-7-13-26-18-10-14-25-16-18)24-12-15-27-20-9-6-5-8-19(20)17(2)3/h5-6,8-9,17-18H,4,7,10-16H2,1-3H3,(H2,22,23,24). The third-order valence-electron chi connectivity index (χ3n) is 4.35. The molecule has 2 rings (SSSR count). The third kappa shape index (κ3) is 8.18. The van der Waals surface area contributed by atoms with Crippen LogP contribution in [0.25, 0.3) is 0 Å². The lowest BCUT2D eigenvalue weighted by Gasteiger charge is -2.15. The van der Waals surface area contributed by atoms with E-state index in [1.807, 2.05) is 12.1 Å². The van der Waals surface area contributed by atoms with Crippen LogP contribution in [-0.2, 0) is 9.47 Å². The summed E-state index contributed by atoms with van der Waals surface area (Å²) < 4.78 is 17.0. The highest BCUT2D eigenvalue weighted by Gasteiger charge is 2.15. The van der Waals surface area contributed by atoms with Crippen LogP contribution in [0.3, 0.4) is 0 Å². The molecular weight excluding hydrogens is 342 g/mol. The summed E-state index contributed by atoms with van der Waals surface area (Å²) in [6.07, 6.45) is 2.19. The maximum Gasteiger partial charge on any atom is 0.191 e. The van der Waals surface area contributed by atoms with Gasteiger partial charge < -0.3 is 24.8 Å². The van der Waals surface area contributed by atoms with Gasteiger partial charge in [-0.25, -0.2) is 0 Å². The predicted octanol–water partition coefficient (Wildman–Crippen LogP) is 2.94. The van der Waals surface area contributed by atoms with Gasteiger partial charge in [0.05, 0.1) is 19.3 Å². The van der Waals surface area contributed by atoms with Crippen LogP contribution in [0, 0.1) is 0 Å². The predicted molar refractivity (Wildman–Crippen MR) is 110 cm³/mol. The molecule has 152 valence electrons. The summed E-state index contributed by atoms with van der Waals surface area (Å²) in [7, 11) is 0. The van der Waals surface area contributed by atoms with E-state index in [9.17, 15) is 0 Å². The zero-order valence-corrected chi connectivity index (χ0v) is 17.0. The Bertz CT molecular complexity index is 557. The molecule has 0 bridgehead atoms. The fraction of sp³-hybridized carbons (Fsp3) is 0.667. The van der Waals surface area contributed by atoms with Crippen molar-refractivity contribution in [2.45, 2.75) is 45.6 Å². The maximum absolute atomic E-state index is 5.95. The smallest absolute Gasteiger partial charge is 0.191 e. The van der Waals surface area contributed by atoms with Gasteiger partial charge in [0.25, 0.3) is 0 Å². The van der Waals surface area contributed by atoms with Crippen molar-refractivity contribution in [1.82, 2.24) is 10.6 Å². The second-order valence-electron chi connectivity index (χ2n) is 6.94. The van der Waals surface area contributed by atoms with Crippen molar-refractivity contribution in [3.63, 3.8) is 0 Å². The van der Waals surface area contributed by atoms with Crippen molar-refractivity contribution in [3.8, 4) is 5.75 Å². The monoisotopic (exact) mass is 377 g/mol. The Labute approximate surface area is 163 Å². The fourth-order valence-electron chi connectivity index (χ4n) is 2.91. The number of benzene rings is 1. The van der Waals surface area contributed by atoms with Gasteiger partial charge in [-0.05, 0) is 37.3 Å². The number of ether oxygens (including phenoxy) is 3. The quantitative estimate of drug-likeness (QED) is 0.353. The lowest BCUT2D eigenvalue weighted by Crippen LogP contribution is -2.39. The van der Waals surface area contributed by atoms with E-state index >= 15 is 0 Å². The van der Waals surface area contributed by atoms with Crippen LogP contribution < -0.4 is 15.4 Å². The molecule has 1 fully saturated rings. The second-order valence-corrected chi connectivity index (χ2v) is 6.94. The summed E-state index contributed by atoms with van der Waals surface area (Å²) in [6.45, 7) is 11.6. The zero-order chi connectivity index (χ0) is 19.3. The van der Waals surface area contributed by atoms with E-state index < -0.39 is 0 Å². The molecular formula is C21H35N3O3. The molecule has 0 saturated carbocycles. The molecule has 2 N–H and O–H groups in total. The molecule has 1 aromatic carbocycles. The van der Waals surface area contributed by atoms with Gasteiger partial charge >= 0.3 is 0 Å². The first-order chi connectivity index (χ1) is 13.2. The van der Waals surface area contributed by atoms with E-state index in [-0.39, 0.29) is 6.10 Å². The molecule has 1 unspecified atom stereocenters. The highest BCUT2D eigenvalue weighted by Crippen LogP contribution is 2.25. The molecule has 1 heterocycles. The Morgan fingerprint density at radius 3 is 2.85 bits per heavy atom. The van der Waals surface area contributed by atoms with E-state index in [1.165, 1.54) is 5.56 Å². The second kappa shape index (κ2) is 12.6. The highest BCUT2D eigenvalue weighted by atomic mass is 16.5. The molecule has 0 amide bonds. The number of hydrogen-bond acceptors (Lipinski definition) is 4. The molecule has 0 aromatic heterocycles. The number of rotatable bonds is 11. The van der Waals surface area contributed by atoms with Crippen LogP contribution in [-0.4, -0.2) is 58.1 Å². The van der Waals surface area contributed by atoms with Crippen LogP contribution in [0.15, 0.2) is 29.3 Å². The molecule has 1 atom stereocenters. The van der Waals surface area contributed by atoms with Crippen LogP contribution in [0.5, 0.6) is 5.75 Å². The van der Waals surface area contributed by atoms with Gasteiger partial charge in [0.2, 0.25) is 0 Å². The van der Waals surface area contributed by atoms with Gasteiger partial charge in [-0.2, -0.15) is 0 Å². The topological polar surface area (TPSA) is 64.1 Å². The number of nitrogens with one attached hydrogen (secondary N) is 2. The Morgan fingerprint density at radius 2 is 2.11 bits per heavy atom. The Balaban J connectivity index is 1.66. The number of guanidine groups is 1. The van der Waals surface area contributed by atoms with E-state index in [0.29, 0.717) is 19.1 Å². The van der Waals surface area contributed by atoms with Crippen LogP contribution in [0.1, 0.15) is 45.1 Å². The SMILES string of the molecule is CCNC(=NCCCOC1CCOC1)NCCOc1ccccc1C(C)C. The maximum atomic E-state index is 5.95. The normalized spacial score (nSPS) is 17.3. The average Bonchev–Trinajstić information content (AvgIpc) is 3.18. The van der Waals surface area contributed by atoms with Crippen LogP contribution in [0.4, 0.5) is 0 Å². The van der Waals surface area contributed by atoms with E-state index in [4.69, 9.17) is 14.2 Å². The van der Waals surface area contributed by atoms with Crippen molar-refractivity contribution in [3.05, 3.63) is 29.8 Å². The summed E-state index contributed by atoms with van der Waals surface area (Å²) in [6, 6.07) is 8.22. The summed E-state index contributed by atoms with van der Waals surface area (Å²) in [5, 5.41) is 6.59. The molecule has 0 radical (unpaired) electrons. The largest absolute Gasteiger partial charge is 0.491 e. The molecule has 0 aliphatic carbocycles. The zero-order valence-electron chi connectivity index (χ0n) is 17.0. The number of aliphatic imine (C=N–C) groups is 1. The molecule has 0 spiro atoms. The van der Waals surface area contributed by atoms with Crippen molar-refractivity contribution < 1.29 is 14.2 Å². The molecule has 1 aliphatic rings. The van der Waals surface area contributed by atoms with E-state index in [0.717, 1.165) is 57.5 Å². The molecule has 1 saturated heterocycles. The minimum absolute atomic E-state index is 0.270. The van der Waals surface area contributed by atoms with E-state index in [2.05, 4.69) is 48.5 Å². The lowest BCUT2D eigenvalue weighted by atomic mass is 10.0. The number of nitrogens with zero attached hydrogens (tertiary/aromatic N) is 1. The highest BCUT2D eigenvalue weighted by molar-refractivity contribution is 5.79. The molecule has 27 heavy (non-hydrogen) atoms. The lowest BCUT2D eigenvalue weighted by molar-refractivity contribution is 0.0424. The molecule has 1 aliphatic heterocycles. The Morgan fingerprint density at radius 1 is 1.26 bits per heavy atom. The average molecular weight is 378 g/mol. The van der Waals surface area contributed by atoms with Gasteiger partial charge in [0.15, 0.2) is 5.96 Å². The summed E-state index contributed by atoms with van der Waals surface area (Å²) in [5.74, 6) is 2.23.